The fourth-order valence-corrected chi connectivity index (χ4v) is 2.27. The highest BCUT2D eigenvalue weighted by molar-refractivity contribution is 14.1. The van der Waals surface area contributed by atoms with Crippen LogP contribution in [0.2, 0.25) is 10.0 Å². The maximum Gasteiger partial charge on any atom is 0.289 e. The topological polar surface area (TPSA) is 72.2 Å². The zero-order valence-electron chi connectivity index (χ0n) is 10.3. The molecule has 21 heavy (non-hydrogen) atoms. The Morgan fingerprint density at radius 2 is 1.86 bits per heavy atom. The Morgan fingerprint density at radius 3 is 2.48 bits per heavy atom. The number of carbonyl (C=O) groups is 1. The summed E-state index contributed by atoms with van der Waals surface area (Å²) in [6.07, 6.45) is 0. The minimum Gasteiger partial charge on any atom is -0.322 e. The lowest BCUT2D eigenvalue weighted by Crippen LogP contribution is -2.12. The molecule has 8 heteroatoms. The molecule has 0 aliphatic carbocycles. The second-order valence-electron chi connectivity index (χ2n) is 4.01. The van der Waals surface area contributed by atoms with Crippen LogP contribution in [0.1, 0.15) is 10.4 Å². The average Bonchev–Trinajstić information content (AvgIpc) is 2.43. The van der Waals surface area contributed by atoms with Crippen LogP contribution in [-0.4, -0.2) is 10.8 Å². The first kappa shape index (κ1) is 16.0. The highest BCUT2D eigenvalue weighted by Gasteiger charge is 2.15. The van der Waals surface area contributed by atoms with Gasteiger partial charge in [0.2, 0.25) is 0 Å². The summed E-state index contributed by atoms with van der Waals surface area (Å²) >= 11 is 13.7. The number of nitrogens with one attached hydrogen (secondary N) is 1. The third kappa shape index (κ3) is 3.84. The van der Waals surface area contributed by atoms with Gasteiger partial charge in [-0.25, -0.2) is 0 Å². The molecule has 2 rings (SSSR count). The van der Waals surface area contributed by atoms with Crippen molar-refractivity contribution in [1.82, 2.24) is 0 Å². The number of nitro benzene ring substituents is 1. The van der Waals surface area contributed by atoms with Gasteiger partial charge in [-0.1, -0.05) is 23.2 Å². The minimum absolute atomic E-state index is 0.00954. The van der Waals surface area contributed by atoms with E-state index in [1.165, 1.54) is 24.3 Å². The van der Waals surface area contributed by atoms with Crippen molar-refractivity contribution in [1.29, 1.82) is 0 Å². The SMILES string of the molecule is O=C(Nc1ccc(Cl)c([N+](=O)[O-])c1)c1ccc(I)c(Cl)c1. The zero-order chi connectivity index (χ0) is 15.6. The number of benzene rings is 2. The molecular formula is C13H7Cl2IN2O3. The second kappa shape index (κ2) is 6.59. The summed E-state index contributed by atoms with van der Waals surface area (Å²) in [5.74, 6) is -0.412. The van der Waals surface area contributed by atoms with Crippen LogP contribution in [0.25, 0.3) is 0 Å². The number of carbonyl (C=O) groups excluding carboxylic acids is 1. The van der Waals surface area contributed by atoms with Crippen LogP contribution < -0.4 is 5.32 Å². The number of rotatable bonds is 3. The Hall–Kier alpha value is -1.38. The van der Waals surface area contributed by atoms with Crippen molar-refractivity contribution >= 4 is 63.1 Å². The summed E-state index contributed by atoms with van der Waals surface area (Å²) in [5, 5.41) is 13.8. The molecule has 0 heterocycles. The Kier molecular flexibility index (Phi) is 5.02. The third-order valence-electron chi connectivity index (χ3n) is 2.58. The van der Waals surface area contributed by atoms with Gasteiger partial charge < -0.3 is 5.32 Å². The largest absolute Gasteiger partial charge is 0.322 e. The number of hydrogen-bond donors (Lipinski definition) is 1. The summed E-state index contributed by atoms with van der Waals surface area (Å²) in [7, 11) is 0. The van der Waals surface area contributed by atoms with Crippen LogP contribution >= 0.6 is 45.8 Å². The van der Waals surface area contributed by atoms with Gasteiger partial charge in [-0.2, -0.15) is 0 Å². The van der Waals surface area contributed by atoms with Gasteiger partial charge in [0.05, 0.1) is 9.95 Å². The predicted octanol–water partition coefficient (Wildman–Crippen LogP) is 4.76. The van der Waals surface area contributed by atoms with Crippen LogP contribution in [0.5, 0.6) is 0 Å². The Labute approximate surface area is 143 Å². The molecule has 0 fully saturated rings. The summed E-state index contributed by atoms with van der Waals surface area (Å²) in [4.78, 5) is 22.3. The van der Waals surface area contributed by atoms with Crippen molar-refractivity contribution < 1.29 is 9.72 Å². The number of anilines is 1. The highest BCUT2D eigenvalue weighted by atomic mass is 127. The lowest BCUT2D eigenvalue weighted by atomic mass is 10.2. The second-order valence-corrected chi connectivity index (χ2v) is 5.98. The van der Waals surface area contributed by atoms with Crippen molar-refractivity contribution in [2.24, 2.45) is 0 Å². The fourth-order valence-electron chi connectivity index (χ4n) is 1.57. The monoisotopic (exact) mass is 436 g/mol. The molecule has 1 amide bonds. The Morgan fingerprint density at radius 1 is 1.14 bits per heavy atom. The third-order valence-corrected chi connectivity index (χ3v) is 4.47. The molecular weight excluding hydrogens is 430 g/mol. The van der Waals surface area contributed by atoms with Crippen LogP contribution in [0, 0.1) is 13.7 Å². The molecule has 0 saturated heterocycles. The lowest BCUT2D eigenvalue weighted by molar-refractivity contribution is -0.384. The average molecular weight is 437 g/mol. The summed E-state index contributed by atoms with van der Waals surface area (Å²) < 4.78 is 0.827. The standard InChI is InChI=1S/C13H7Cl2IN2O3/c14-9-3-2-8(6-12(9)18(20)21)17-13(19)7-1-4-11(16)10(15)5-7/h1-6H,(H,17,19). The van der Waals surface area contributed by atoms with Crippen LogP contribution in [0.4, 0.5) is 11.4 Å². The van der Waals surface area contributed by atoms with Crippen molar-refractivity contribution in [2.75, 3.05) is 5.32 Å². The van der Waals surface area contributed by atoms with Crippen molar-refractivity contribution in [2.45, 2.75) is 0 Å². The summed E-state index contributed by atoms with van der Waals surface area (Å²) in [6.45, 7) is 0. The number of halogens is 3. The maximum absolute atomic E-state index is 12.1. The minimum atomic E-state index is -0.611. The molecule has 0 radical (unpaired) electrons. The molecule has 2 aromatic carbocycles. The van der Waals surface area contributed by atoms with Crippen LogP contribution in [0.15, 0.2) is 36.4 Å². The molecule has 0 atom stereocenters. The van der Waals surface area contributed by atoms with Crippen molar-refractivity contribution in [3.63, 3.8) is 0 Å². The molecule has 0 aliphatic rings. The van der Waals surface area contributed by atoms with E-state index in [4.69, 9.17) is 23.2 Å². The molecule has 0 spiro atoms. The number of amides is 1. The zero-order valence-corrected chi connectivity index (χ0v) is 13.9. The summed E-state index contributed by atoms with van der Waals surface area (Å²) in [6, 6.07) is 8.91. The molecule has 2 aromatic rings. The highest BCUT2D eigenvalue weighted by Crippen LogP contribution is 2.28. The van der Waals surface area contributed by atoms with E-state index in [1.54, 1.807) is 12.1 Å². The fraction of sp³-hybridized carbons (Fsp3) is 0. The van der Waals surface area contributed by atoms with Crippen LogP contribution in [-0.2, 0) is 0 Å². The van der Waals surface area contributed by atoms with E-state index < -0.39 is 10.8 Å². The van der Waals surface area contributed by atoms with Gasteiger partial charge in [0.1, 0.15) is 5.02 Å². The van der Waals surface area contributed by atoms with Gasteiger partial charge in [0, 0.05) is 20.9 Å². The first-order chi connectivity index (χ1) is 9.88. The van der Waals surface area contributed by atoms with Crippen LogP contribution in [0.3, 0.4) is 0 Å². The molecule has 1 N–H and O–H groups in total. The molecule has 0 aromatic heterocycles. The molecule has 0 aliphatic heterocycles. The van der Waals surface area contributed by atoms with E-state index in [2.05, 4.69) is 5.32 Å². The van der Waals surface area contributed by atoms with E-state index in [0.29, 0.717) is 10.6 Å². The van der Waals surface area contributed by atoms with Gasteiger partial charge >= 0.3 is 0 Å². The first-order valence-electron chi connectivity index (χ1n) is 5.59. The van der Waals surface area contributed by atoms with Gasteiger partial charge in [-0.15, -0.1) is 0 Å². The molecule has 0 bridgehead atoms. The Balaban J connectivity index is 2.25. The normalized spacial score (nSPS) is 10.2. The van der Waals surface area contributed by atoms with E-state index in [1.807, 2.05) is 22.6 Å². The quantitative estimate of drug-likeness (QED) is 0.428. The van der Waals surface area contributed by atoms with Gasteiger partial charge in [-0.05, 0) is 52.9 Å². The van der Waals surface area contributed by atoms with E-state index in [-0.39, 0.29) is 16.4 Å². The molecule has 5 nitrogen and oxygen atoms in total. The maximum atomic E-state index is 12.1. The number of nitrogens with zero attached hydrogens (tertiary/aromatic N) is 1. The molecule has 0 unspecified atom stereocenters. The molecule has 108 valence electrons. The lowest BCUT2D eigenvalue weighted by Gasteiger charge is -2.06. The molecule has 0 saturated carbocycles. The van der Waals surface area contributed by atoms with Gasteiger partial charge in [0.15, 0.2) is 0 Å². The van der Waals surface area contributed by atoms with Gasteiger partial charge in [-0.3, -0.25) is 14.9 Å². The smallest absolute Gasteiger partial charge is 0.289 e. The van der Waals surface area contributed by atoms with E-state index >= 15 is 0 Å². The van der Waals surface area contributed by atoms with Crippen molar-refractivity contribution in [3.05, 3.63) is 65.7 Å². The Bertz CT molecular complexity index is 737. The predicted molar refractivity (Wildman–Crippen MR) is 90.2 cm³/mol. The first-order valence-corrected chi connectivity index (χ1v) is 7.42. The van der Waals surface area contributed by atoms with E-state index in [0.717, 1.165) is 3.57 Å². The number of nitro groups is 1. The number of hydrogen-bond acceptors (Lipinski definition) is 3. The summed E-state index contributed by atoms with van der Waals surface area (Å²) in [5.41, 5.74) is 0.374. The van der Waals surface area contributed by atoms with Crippen molar-refractivity contribution in [3.8, 4) is 0 Å². The van der Waals surface area contributed by atoms with E-state index in [9.17, 15) is 14.9 Å². The van der Waals surface area contributed by atoms with Gasteiger partial charge in [0.25, 0.3) is 11.6 Å².